The van der Waals surface area contributed by atoms with Crippen LogP contribution < -0.4 is 5.73 Å². The third-order valence-electron chi connectivity index (χ3n) is 2.39. The zero-order valence-corrected chi connectivity index (χ0v) is 8.57. The number of hydrogen-bond acceptors (Lipinski definition) is 3. The van der Waals surface area contributed by atoms with E-state index in [9.17, 15) is 10.2 Å². The van der Waals surface area contributed by atoms with Crippen molar-refractivity contribution in [2.75, 3.05) is 0 Å². The molecule has 0 unspecified atom stereocenters. The van der Waals surface area contributed by atoms with Crippen LogP contribution in [-0.2, 0) is 6.42 Å². The van der Waals surface area contributed by atoms with Crippen LogP contribution in [0.25, 0.3) is 0 Å². The molecule has 0 saturated carbocycles. The molecule has 2 atom stereocenters. The van der Waals surface area contributed by atoms with E-state index in [0.717, 1.165) is 17.5 Å². The maximum atomic E-state index is 9.38. The van der Waals surface area contributed by atoms with Gasteiger partial charge in [-0.25, -0.2) is 0 Å². The molecule has 0 aliphatic heterocycles. The molecule has 14 heavy (non-hydrogen) atoms. The summed E-state index contributed by atoms with van der Waals surface area (Å²) < 4.78 is 0. The minimum absolute atomic E-state index is 0.188. The van der Waals surface area contributed by atoms with Gasteiger partial charge in [0, 0.05) is 0 Å². The molecule has 0 spiro atoms. The lowest BCUT2D eigenvalue weighted by molar-refractivity contribution is 0.164. The summed E-state index contributed by atoms with van der Waals surface area (Å²) in [4.78, 5) is 0. The lowest BCUT2D eigenvalue weighted by atomic mass is 9.96. The first-order chi connectivity index (χ1) is 6.56. The summed E-state index contributed by atoms with van der Waals surface area (Å²) in [7, 11) is 0. The van der Waals surface area contributed by atoms with Crippen molar-refractivity contribution in [1.82, 2.24) is 0 Å². The van der Waals surface area contributed by atoms with Crippen molar-refractivity contribution in [2.24, 2.45) is 5.73 Å². The molecule has 0 heterocycles. The zero-order valence-electron chi connectivity index (χ0n) is 8.57. The van der Waals surface area contributed by atoms with E-state index in [-0.39, 0.29) is 5.75 Å². The van der Waals surface area contributed by atoms with Crippen molar-refractivity contribution in [3.8, 4) is 5.75 Å². The Morgan fingerprint density at radius 2 is 2.07 bits per heavy atom. The Morgan fingerprint density at radius 1 is 1.43 bits per heavy atom. The fraction of sp³-hybridized carbons (Fsp3) is 0.455. The summed E-state index contributed by atoms with van der Waals surface area (Å²) in [5, 5.41) is 18.7. The van der Waals surface area contributed by atoms with E-state index >= 15 is 0 Å². The summed E-state index contributed by atoms with van der Waals surface area (Å²) in [6, 6.07) is 4.66. The third-order valence-corrected chi connectivity index (χ3v) is 2.39. The second kappa shape index (κ2) is 4.44. The first-order valence-electron chi connectivity index (χ1n) is 4.81. The average Bonchev–Trinajstić information content (AvgIpc) is 2.16. The second-order valence-corrected chi connectivity index (χ2v) is 3.50. The highest BCUT2D eigenvalue weighted by Gasteiger charge is 2.15. The lowest BCUT2D eigenvalue weighted by Crippen LogP contribution is -2.24. The van der Waals surface area contributed by atoms with Crippen LogP contribution >= 0.6 is 0 Å². The number of aliphatic hydroxyl groups is 1. The summed E-state index contributed by atoms with van der Waals surface area (Å²) in [5.74, 6) is 0.188. The Balaban J connectivity index is 3.10. The topological polar surface area (TPSA) is 66.5 Å². The number of phenolic OH excluding ortho intramolecular Hbond substituents is 1. The SMILES string of the molecule is CCc1ccc(O)cc1[C@H](N)[C@H](C)O. The summed E-state index contributed by atoms with van der Waals surface area (Å²) in [6.07, 6.45) is 0.234. The Morgan fingerprint density at radius 3 is 2.57 bits per heavy atom. The summed E-state index contributed by atoms with van der Waals surface area (Å²) >= 11 is 0. The highest BCUT2D eigenvalue weighted by molar-refractivity contribution is 5.37. The molecule has 0 fully saturated rings. The molecule has 1 rings (SSSR count). The minimum Gasteiger partial charge on any atom is -0.508 e. The highest BCUT2D eigenvalue weighted by Crippen LogP contribution is 2.24. The first-order valence-corrected chi connectivity index (χ1v) is 4.81. The number of hydrogen-bond donors (Lipinski definition) is 3. The first kappa shape index (κ1) is 11.0. The van der Waals surface area contributed by atoms with Gasteiger partial charge in [-0.1, -0.05) is 13.0 Å². The van der Waals surface area contributed by atoms with E-state index in [0.29, 0.717) is 0 Å². The number of rotatable bonds is 3. The van der Waals surface area contributed by atoms with Crippen LogP contribution in [0.3, 0.4) is 0 Å². The number of benzene rings is 1. The van der Waals surface area contributed by atoms with Gasteiger partial charge in [-0.3, -0.25) is 0 Å². The van der Waals surface area contributed by atoms with Crippen molar-refractivity contribution in [3.05, 3.63) is 29.3 Å². The van der Waals surface area contributed by atoms with E-state index < -0.39 is 12.1 Å². The number of aryl methyl sites for hydroxylation is 1. The number of aromatic hydroxyl groups is 1. The Kier molecular flexibility index (Phi) is 3.49. The predicted octanol–water partition coefficient (Wildman–Crippen LogP) is 1.34. The van der Waals surface area contributed by atoms with Crippen molar-refractivity contribution >= 4 is 0 Å². The lowest BCUT2D eigenvalue weighted by Gasteiger charge is -2.18. The fourth-order valence-electron chi connectivity index (χ4n) is 1.47. The van der Waals surface area contributed by atoms with Crippen LogP contribution in [0, 0.1) is 0 Å². The van der Waals surface area contributed by atoms with Crippen LogP contribution in [-0.4, -0.2) is 16.3 Å². The predicted molar refractivity (Wildman–Crippen MR) is 56.1 cm³/mol. The molecular weight excluding hydrogens is 178 g/mol. The Bertz CT molecular complexity index is 310. The van der Waals surface area contributed by atoms with Gasteiger partial charge in [0.1, 0.15) is 5.75 Å². The third kappa shape index (κ3) is 2.25. The van der Waals surface area contributed by atoms with Gasteiger partial charge in [0.2, 0.25) is 0 Å². The largest absolute Gasteiger partial charge is 0.508 e. The average molecular weight is 195 g/mol. The molecule has 0 bridgehead atoms. The van der Waals surface area contributed by atoms with Gasteiger partial charge < -0.3 is 15.9 Å². The molecule has 0 aliphatic rings. The van der Waals surface area contributed by atoms with E-state index in [4.69, 9.17) is 5.73 Å². The normalized spacial score (nSPS) is 15.1. The van der Waals surface area contributed by atoms with Gasteiger partial charge in [-0.2, -0.15) is 0 Å². The van der Waals surface area contributed by atoms with E-state index in [1.807, 2.05) is 13.0 Å². The molecule has 1 aromatic carbocycles. The maximum Gasteiger partial charge on any atom is 0.115 e. The molecule has 0 aromatic heterocycles. The van der Waals surface area contributed by atoms with Crippen molar-refractivity contribution in [2.45, 2.75) is 32.4 Å². The van der Waals surface area contributed by atoms with E-state index in [1.54, 1.807) is 19.1 Å². The molecule has 4 N–H and O–H groups in total. The summed E-state index contributed by atoms with van der Waals surface area (Å²) in [6.45, 7) is 3.67. The molecule has 1 aromatic rings. The zero-order chi connectivity index (χ0) is 10.7. The fourth-order valence-corrected chi connectivity index (χ4v) is 1.47. The number of aliphatic hydroxyl groups excluding tert-OH is 1. The quantitative estimate of drug-likeness (QED) is 0.681. The van der Waals surface area contributed by atoms with Gasteiger partial charge >= 0.3 is 0 Å². The smallest absolute Gasteiger partial charge is 0.115 e. The second-order valence-electron chi connectivity index (χ2n) is 3.50. The Labute approximate surface area is 84.2 Å². The van der Waals surface area contributed by atoms with E-state index in [1.165, 1.54) is 0 Å². The molecule has 0 radical (unpaired) electrons. The van der Waals surface area contributed by atoms with Gasteiger partial charge in [0.25, 0.3) is 0 Å². The maximum absolute atomic E-state index is 9.38. The molecule has 0 amide bonds. The van der Waals surface area contributed by atoms with Gasteiger partial charge in [-0.15, -0.1) is 0 Å². The Hall–Kier alpha value is -1.06. The van der Waals surface area contributed by atoms with Gasteiger partial charge in [-0.05, 0) is 36.6 Å². The van der Waals surface area contributed by atoms with Crippen LogP contribution in [0.15, 0.2) is 18.2 Å². The standard InChI is InChI=1S/C11H17NO2/c1-3-8-4-5-9(14)6-10(8)11(12)7(2)13/h4-7,11,13-14H,3,12H2,1-2H3/t7-,11+/m0/s1. The van der Waals surface area contributed by atoms with Gasteiger partial charge in [0.05, 0.1) is 12.1 Å². The monoisotopic (exact) mass is 195 g/mol. The number of nitrogens with two attached hydrogens (primary N) is 1. The summed E-state index contributed by atoms with van der Waals surface area (Å²) in [5.41, 5.74) is 7.71. The molecule has 0 aliphatic carbocycles. The van der Waals surface area contributed by atoms with Crippen LogP contribution in [0.4, 0.5) is 0 Å². The highest BCUT2D eigenvalue weighted by atomic mass is 16.3. The van der Waals surface area contributed by atoms with Crippen LogP contribution in [0.5, 0.6) is 5.75 Å². The molecule has 3 heteroatoms. The van der Waals surface area contributed by atoms with Crippen LogP contribution in [0.1, 0.15) is 31.0 Å². The van der Waals surface area contributed by atoms with E-state index in [2.05, 4.69) is 0 Å². The van der Waals surface area contributed by atoms with Gasteiger partial charge in [0.15, 0.2) is 0 Å². The molecule has 3 nitrogen and oxygen atoms in total. The molecule has 0 saturated heterocycles. The van der Waals surface area contributed by atoms with Crippen molar-refractivity contribution < 1.29 is 10.2 Å². The van der Waals surface area contributed by atoms with Crippen molar-refractivity contribution in [3.63, 3.8) is 0 Å². The minimum atomic E-state index is -0.609. The number of phenols is 1. The van der Waals surface area contributed by atoms with Crippen molar-refractivity contribution in [1.29, 1.82) is 0 Å². The molecule has 78 valence electrons. The van der Waals surface area contributed by atoms with Crippen LogP contribution in [0.2, 0.25) is 0 Å². The molecular formula is C11H17NO2.